The van der Waals surface area contributed by atoms with Gasteiger partial charge >= 0.3 is 0 Å². The van der Waals surface area contributed by atoms with E-state index in [4.69, 9.17) is 0 Å². The van der Waals surface area contributed by atoms with Crippen LogP contribution in [0.25, 0.3) is 0 Å². The normalized spacial score (nSPS) is 32.9. The summed E-state index contributed by atoms with van der Waals surface area (Å²) in [6.45, 7) is 0. The van der Waals surface area contributed by atoms with Crippen LogP contribution in [0, 0.1) is 17.8 Å². The number of hydrogen-bond acceptors (Lipinski definition) is 0. The SMILES string of the molecule is BrCC(CC1CC2CCC1C2)c1ccccc1. The molecule has 17 heavy (non-hydrogen) atoms. The molecular formula is C16H21Br. The standard InChI is InChI=1S/C16H21Br/c17-11-16(13-4-2-1-3-5-13)10-15-9-12-6-7-14(15)8-12/h1-5,12,14-16H,6-11H2. The second-order valence-corrected chi connectivity index (χ2v) is 6.58. The molecule has 2 bridgehead atoms. The highest BCUT2D eigenvalue weighted by atomic mass is 79.9. The second kappa shape index (κ2) is 5.14. The first-order valence-electron chi connectivity index (χ1n) is 6.97. The topological polar surface area (TPSA) is 0 Å². The van der Waals surface area contributed by atoms with Crippen molar-refractivity contribution in [2.24, 2.45) is 17.8 Å². The van der Waals surface area contributed by atoms with Gasteiger partial charge in [-0.3, -0.25) is 0 Å². The Morgan fingerprint density at radius 2 is 1.94 bits per heavy atom. The molecule has 2 fully saturated rings. The summed E-state index contributed by atoms with van der Waals surface area (Å²) in [5, 5.41) is 1.12. The van der Waals surface area contributed by atoms with E-state index >= 15 is 0 Å². The molecule has 1 heteroatoms. The van der Waals surface area contributed by atoms with Gasteiger partial charge in [0.2, 0.25) is 0 Å². The first-order chi connectivity index (χ1) is 8.36. The zero-order chi connectivity index (χ0) is 11.7. The number of benzene rings is 1. The van der Waals surface area contributed by atoms with Gasteiger partial charge in [0.1, 0.15) is 0 Å². The third-order valence-corrected chi connectivity index (χ3v) is 5.71. The minimum atomic E-state index is 0.723. The number of hydrogen-bond donors (Lipinski definition) is 0. The maximum atomic E-state index is 3.71. The highest BCUT2D eigenvalue weighted by Crippen LogP contribution is 2.51. The van der Waals surface area contributed by atoms with Gasteiger partial charge in [-0.1, -0.05) is 52.7 Å². The third kappa shape index (κ3) is 2.45. The second-order valence-electron chi connectivity index (χ2n) is 5.93. The average molecular weight is 293 g/mol. The van der Waals surface area contributed by atoms with E-state index < -0.39 is 0 Å². The first-order valence-corrected chi connectivity index (χ1v) is 8.10. The lowest BCUT2D eigenvalue weighted by Crippen LogP contribution is -2.15. The molecule has 4 unspecified atom stereocenters. The van der Waals surface area contributed by atoms with Gasteiger partial charge in [-0.15, -0.1) is 0 Å². The predicted octanol–water partition coefficient (Wildman–Crippen LogP) is 4.99. The summed E-state index contributed by atoms with van der Waals surface area (Å²) in [7, 11) is 0. The lowest BCUT2D eigenvalue weighted by molar-refractivity contribution is 0.301. The summed E-state index contributed by atoms with van der Waals surface area (Å²) in [6.07, 6.45) is 7.48. The molecule has 92 valence electrons. The molecule has 1 aromatic carbocycles. The molecule has 2 aliphatic rings. The molecule has 0 saturated heterocycles. The molecule has 0 nitrogen and oxygen atoms in total. The molecular weight excluding hydrogens is 272 g/mol. The molecule has 2 aliphatic carbocycles. The Morgan fingerprint density at radius 3 is 2.53 bits per heavy atom. The Bertz CT molecular complexity index is 359. The summed E-state index contributed by atoms with van der Waals surface area (Å²) in [4.78, 5) is 0. The van der Waals surface area contributed by atoms with E-state index in [-0.39, 0.29) is 0 Å². The largest absolute Gasteiger partial charge is 0.0921 e. The van der Waals surface area contributed by atoms with Crippen molar-refractivity contribution in [2.45, 2.75) is 38.0 Å². The van der Waals surface area contributed by atoms with Crippen LogP contribution in [-0.2, 0) is 0 Å². The maximum absolute atomic E-state index is 3.71. The summed E-state index contributed by atoms with van der Waals surface area (Å²) in [6, 6.07) is 11.0. The molecule has 3 rings (SSSR count). The Kier molecular flexibility index (Phi) is 3.56. The Balaban J connectivity index is 1.67. The fourth-order valence-electron chi connectivity index (χ4n) is 4.04. The van der Waals surface area contributed by atoms with Crippen LogP contribution in [0.2, 0.25) is 0 Å². The van der Waals surface area contributed by atoms with Crippen molar-refractivity contribution in [1.29, 1.82) is 0 Å². The number of rotatable bonds is 4. The molecule has 0 radical (unpaired) electrons. The van der Waals surface area contributed by atoms with Gasteiger partial charge in [0.15, 0.2) is 0 Å². The van der Waals surface area contributed by atoms with E-state index in [2.05, 4.69) is 46.3 Å². The molecule has 4 atom stereocenters. The highest BCUT2D eigenvalue weighted by Gasteiger charge is 2.40. The maximum Gasteiger partial charge on any atom is 0.0100 e. The van der Waals surface area contributed by atoms with E-state index in [9.17, 15) is 0 Å². The fraction of sp³-hybridized carbons (Fsp3) is 0.625. The molecule has 0 amide bonds. The van der Waals surface area contributed by atoms with Gasteiger partial charge in [-0.05, 0) is 54.9 Å². The van der Waals surface area contributed by atoms with Crippen molar-refractivity contribution in [3.63, 3.8) is 0 Å². The van der Waals surface area contributed by atoms with Crippen molar-refractivity contribution >= 4 is 15.9 Å². The molecule has 0 aromatic heterocycles. The summed E-state index contributed by atoms with van der Waals surface area (Å²) in [5.74, 6) is 3.87. The molecule has 0 spiro atoms. The van der Waals surface area contributed by atoms with Crippen molar-refractivity contribution in [1.82, 2.24) is 0 Å². The van der Waals surface area contributed by atoms with Crippen molar-refractivity contribution in [2.75, 3.05) is 5.33 Å². The van der Waals surface area contributed by atoms with Gasteiger partial charge < -0.3 is 0 Å². The van der Waals surface area contributed by atoms with Crippen LogP contribution in [-0.4, -0.2) is 5.33 Å². The molecule has 2 saturated carbocycles. The quantitative estimate of drug-likeness (QED) is 0.686. The first kappa shape index (κ1) is 11.8. The molecule has 0 N–H and O–H groups in total. The lowest BCUT2D eigenvalue weighted by Gasteiger charge is -2.26. The molecule has 0 heterocycles. The van der Waals surface area contributed by atoms with Gasteiger partial charge in [-0.2, -0.15) is 0 Å². The average Bonchev–Trinajstić information content (AvgIpc) is 2.99. The van der Waals surface area contributed by atoms with E-state index in [1.54, 1.807) is 0 Å². The van der Waals surface area contributed by atoms with Crippen LogP contribution in [0.1, 0.15) is 43.6 Å². The van der Waals surface area contributed by atoms with Crippen LogP contribution in [0.4, 0.5) is 0 Å². The fourth-order valence-corrected chi connectivity index (χ4v) is 4.68. The summed E-state index contributed by atoms with van der Waals surface area (Å²) < 4.78 is 0. The van der Waals surface area contributed by atoms with Gasteiger partial charge in [-0.25, -0.2) is 0 Å². The van der Waals surface area contributed by atoms with Crippen LogP contribution in [0.5, 0.6) is 0 Å². The monoisotopic (exact) mass is 292 g/mol. The number of alkyl halides is 1. The van der Waals surface area contributed by atoms with E-state index in [0.29, 0.717) is 0 Å². The zero-order valence-electron chi connectivity index (χ0n) is 10.3. The summed E-state index contributed by atoms with van der Waals surface area (Å²) in [5.41, 5.74) is 1.52. The van der Waals surface area contributed by atoms with E-state index in [1.165, 1.54) is 37.7 Å². The van der Waals surface area contributed by atoms with Crippen molar-refractivity contribution in [3.8, 4) is 0 Å². The van der Waals surface area contributed by atoms with Crippen molar-refractivity contribution in [3.05, 3.63) is 35.9 Å². The summed E-state index contributed by atoms with van der Waals surface area (Å²) >= 11 is 3.71. The smallest absolute Gasteiger partial charge is 0.0100 e. The van der Waals surface area contributed by atoms with Gasteiger partial charge in [0.05, 0.1) is 0 Å². The lowest BCUT2D eigenvalue weighted by atomic mass is 9.81. The number of halogens is 1. The van der Waals surface area contributed by atoms with E-state index in [1.807, 2.05) is 0 Å². The van der Waals surface area contributed by atoms with Gasteiger partial charge in [0.25, 0.3) is 0 Å². The third-order valence-electron chi connectivity index (χ3n) is 4.93. The predicted molar refractivity (Wildman–Crippen MR) is 76.5 cm³/mol. The number of fused-ring (bicyclic) bond motifs is 2. The minimum Gasteiger partial charge on any atom is -0.0921 e. The Labute approximate surface area is 113 Å². The molecule has 1 aromatic rings. The van der Waals surface area contributed by atoms with Crippen LogP contribution >= 0.6 is 15.9 Å². The van der Waals surface area contributed by atoms with Crippen LogP contribution < -0.4 is 0 Å². The highest BCUT2D eigenvalue weighted by molar-refractivity contribution is 9.09. The minimum absolute atomic E-state index is 0.723. The van der Waals surface area contributed by atoms with Crippen molar-refractivity contribution < 1.29 is 0 Å². The van der Waals surface area contributed by atoms with Gasteiger partial charge in [0, 0.05) is 5.33 Å². The zero-order valence-corrected chi connectivity index (χ0v) is 11.9. The Hall–Kier alpha value is -0.300. The van der Waals surface area contributed by atoms with Crippen LogP contribution in [0.3, 0.4) is 0 Å². The van der Waals surface area contributed by atoms with Crippen LogP contribution in [0.15, 0.2) is 30.3 Å². The Morgan fingerprint density at radius 1 is 1.12 bits per heavy atom. The van der Waals surface area contributed by atoms with E-state index in [0.717, 1.165) is 29.0 Å². The molecule has 0 aliphatic heterocycles.